The van der Waals surface area contributed by atoms with Crippen LogP contribution >= 0.6 is 0 Å². The lowest BCUT2D eigenvalue weighted by Gasteiger charge is -2.20. The normalized spacial score (nSPS) is 12.0. The summed E-state index contributed by atoms with van der Waals surface area (Å²) in [6.07, 6.45) is 5.78. The molecule has 8 aromatic carbocycles. The molecule has 11 aromatic rings. The van der Waals surface area contributed by atoms with Gasteiger partial charge in [0.15, 0.2) is 0 Å². The molecule has 0 aliphatic carbocycles. The van der Waals surface area contributed by atoms with Crippen LogP contribution in [0.2, 0.25) is 0 Å². The number of hydrogen-bond donors (Lipinski definition) is 0. The van der Waals surface area contributed by atoms with Crippen LogP contribution in [0.15, 0.2) is 200 Å². The lowest BCUT2D eigenvalue weighted by atomic mass is 9.85. The average Bonchev–Trinajstić information content (AvgIpc) is 3.88. The Hall–Kier alpha value is -8.02. The smallest absolute Gasteiger partial charge is 0.269 e. The van der Waals surface area contributed by atoms with Crippen molar-refractivity contribution in [3.63, 3.8) is 0 Å². The van der Waals surface area contributed by atoms with Crippen molar-refractivity contribution < 1.29 is 9.30 Å². The van der Waals surface area contributed by atoms with Crippen LogP contribution in [0.4, 0.5) is 0 Å². The van der Waals surface area contributed by atoms with Gasteiger partial charge in [0.2, 0.25) is 0 Å². The second-order valence-electron chi connectivity index (χ2n) is 17.4. The van der Waals surface area contributed by atoms with Crippen molar-refractivity contribution in [3.8, 4) is 73.2 Å². The predicted octanol–water partition coefficient (Wildman–Crippen LogP) is 14.3. The summed E-state index contributed by atoms with van der Waals surface area (Å²) >= 11 is 0. The first kappa shape index (κ1) is 36.8. The standard InChI is InChI=1S/C58H42N4O/c1-58(2,3)39-32-33-59-55(34-39)62-52-28-12-10-23-47(52)48-31-30-42(36-54(48)62)63-41-19-13-18-40(35-41)60-37-61-51-27-11-9-22-46(51)44-20-7-8-21-45(44)49-25-14-24-43(38-16-5-4-6-17-38)56(49)50-26-15-29-53(60)57(50)61/h4-36H,1-3H3. The molecule has 0 N–H and O–H groups in total. The first-order valence-corrected chi connectivity index (χ1v) is 21.5. The number of hydrogen-bond acceptors (Lipinski definition) is 2. The molecule has 5 nitrogen and oxygen atoms in total. The van der Waals surface area contributed by atoms with Crippen molar-refractivity contribution in [2.24, 2.45) is 0 Å². The maximum absolute atomic E-state index is 6.79. The monoisotopic (exact) mass is 810 g/mol. The summed E-state index contributed by atoms with van der Waals surface area (Å²) in [6.45, 7) is 6.71. The molecular formula is C58H42N4O. The molecule has 0 amide bonds. The van der Waals surface area contributed by atoms with E-state index in [4.69, 9.17) is 9.72 Å². The molecule has 300 valence electrons. The van der Waals surface area contributed by atoms with Gasteiger partial charge in [-0.05, 0) is 110 Å². The van der Waals surface area contributed by atoms with E-state index in [1.807, 2.05) is 12.3 Å². The van der Waals surface area contributed by atoms with Crippen LogP contribution < -0.4 is 9.30 Å². The molecule has 63 heavy (non-hydrogen) atoms. The summed E-state index contributed by atoms with van der Waals surface area (Å²) in [4.78, 5) is 4.89. The van der Waals surface area contributed by atoms with E-state index in [0.717, 1.165) is 67.3 Å². The van der Waals surface area contributed by atoms with Gasteiger partial charge in [-0.3, -0.25) is 13.7 Å². The number of nitrogens with zero attached hydrogens (tertiary/aromatic N) is 4. The Labute approximate surface area is 366 Å². The molecule has 0 spiro atoms. The zero-order chi connectivity index (χ0) is 42.2. The predicted molar refractivity (Wildman–Crippen MR) is 256 cm³/mol. The van der Waals surface area contributed by atoms with E-state index in [0.29, 0.717) is 0 Å². The minimum atomic E-state index is -0.0149. The van der Waals surface area contributed by atoms with Crippen LogP contribution in [0.25, 0.3) is 94.5 Å². The number of pyridine rings is 1. The van der Waals surface area contributed by atoms with E-state index in [-0.39, 0.29) is 5.41 Å². The van der Waals surface area contributed by atoms with Crippen LogP contribution in [0.1, 0.15) is 26.3 Å². The lowest BCUT2D eigenvalue weighted by molar-refractivity contribution is -0.571. The topological polar surface area (TPSA) is 35.9 Å². The Bertz CT molecular complexity index is 3590. The van der Waals surface area contributed by atoms with E-state index in [1.54, 1.807) is 0 Å². The summed E-state index contributed by atoms with van der Waals surface area (Å²) in [5, 5.41) is 2.33. The number of fused-ring (bicyclic) bond motifs is 10. The molecule has 0 fully saturated rings. The molecule has 3 aromatic heterocycles. The number of rotatable bonds is 5. The third-order valence-electron chi connectivity index (χ3n) is 12.5. The Morgan fingerprint density at radius 3 is 2.02 bits per heavy atom. The van der Waals surface area contributed by atoms with Gasteiger partial charge in [0, 0.05) is 23.0 Å². The Morgan fingerprint density at radius 2 is 1.16 bits per heavy atom. The summed E-state index contributed by atoms with van der Waals surface area (Å²) in [6, 6.07) is 69.1. The van der Waals surface area contributed by atoms with Gasteiger partial charge in [-0.15, -0.1) is 0 Å². The first-order chi connectivity index (χ1) is 30.9. The third-order valence-corrected chi connectivity index (χ3v) is 12.5. The van der Waals surface area contributed by atoms with Crippen molar-refractivity contribution in [1.82, 2.24) is 14.1 Å². The summed E-state index contributed by atoms with van der Waals surface area (Å²) in [7, 11) is 0. The van der Waals surface area contributed by atoms with Crippen LogP contribution in [0, 0.1) is 6.33 Å². The highest BCUT2D eigenvalue weighted by atomic mass is 16.5. The van der Waals surface area contributed by atoms with Crippen molar-refractivity contribution in [2.75, 3.05) is 0 Å². The zero-order valence-electron chi connectivity index (χ0n) is 35.2. The van der Waals surface area contributed by atoms with Gasteiger partial charge in [-0.25, -0.2) is 4.98 Å². The molecule has 0 saturated carbocycles. The van der Waals surface area contributed by atoms with Gasteiger partial charge in [-0.1, -0.05) is 154 Å². The fourth-order valence-corrected chi connectivity index (χ4v) is 9.59. The maximum atomic E-state index is 6.79. The number of aromatic nitrogens is 4. The fraction of sp³-hybridized carbons (Fsp3) is 0.0690. The lowest BCUT2D eigenvalue weighted by Crippen LogP contribution is -2.30. The Kier molecular flexibility index (Phi) is 8.35. The quantitative estimate of drug-likeness (QED) is 0.128. The number of imidazole rings is 1. The molecule has 0 bridgehead atoms. The van der Waals surface area contributed by atoms with Crippen LogP contribution in [-0.2, 0) is 5.41 Å². The molecular weight excluding hydrogens is 769 g/mol. The van der Waals surface area contributed by atoms with Gasteiger partial charge in [0.25, 0.3) is 6.33 Å². The van der Waals surface area contributed by atoms with Gasteiger partial charge in [-0.2, -0.15) is 0 Å². The molecule has 12 rings (SSSR count). The van der Waals surface area contributed by atoms with Gasteiger partial charge >= 0.3 is 0 Å². The van der Waals surface area contributed by atoms with E-state index >= 15 is 0 Å². The molecule has 5 heteroatoms. The maximum Gasteiger partial charge on any atom is 0.269 e. The number of ether oxygens (including phenoxy) is 1. The Morgan fingerprint density at radius 1 is 0.508 bits per heavy atom. The van der Waals surface area contributed by atoms with Crippen molar-refractivity contribution >= 4 is 32.8 Å². The van der Waals surface area contributed by atoms with Gasteiger partial charge in [0.05, 0.1) is 33.4 Å². The SMILES string of the molecule is CC(C)(C)c1ccnc(-n2c3ccccc3c3ccc(Oc4cccc(-n5[c-][n+]6c7c(cccc75)-c5c(-c7ccccc7)cccc5-c5ccccc5-c5ccccc5-6)c4)cc32)c1. The van der Waals surface area contributed by atoms with E-state index < -0.39 is 0 Å². The molecule has 1 aliphatic rings. The van der Waals surface area contributed by atoms with Crippen molar-refractivity contribution in [3.05, 3.63) is 212 Å². The van der Waals surface area contributed by atoms with E-state index in [9.17, 15) is 0 Å². The molecule has 0 atom stereocenters. The van der Waals surface area contributed by atoms with Crippen LogP contribution in [0.5, 0.6) is 11.5 Å². The van der Waals surface area contributed by atoms with E-state index in [2.05, 4.69) is 229 Å². The van der Waals surface area contributed by atoms with Crippen molar-refractivity contribution in [1.29, 1.82) is 0 Å². The third kappa shape index (κ3) is 5.99. The highest BCUT2D eigenvalue weighted by molar-refractivity contribution is 6.09. The number of benzene rings is 8. The second-order valence-corrected chi connectivity index (χ2v) is 17.4. The fourth-order valence-electron chi connectivity index (χ4n) is 9.59. The Balaban J connectivity index is 1.03. The zero-order valence-corrected chi connectivity index (χ0v) is 35.2. The molecule has 1 aliphatic heterocycles. The average molecular weight is 811 g/mol. The number of para-hydroxylation sites is 3. The summed E-state index contributed by atoms with van der Waals surface area (Å²) in [5.41, 5.74) is 16.9. The molecule has 0 saturated heterocycles. The van der Waals surface area contributed by atoms with E-state index in [1.165, 1.54) is 44.3 Å². The summed E-state index contributed by atoms with van der Waals surface area (Å²) < 4.78 is 13.5. The van der Waals surface area contributed by atoms with Crippen LogP contribution in [-0.4, -0.2) is 14.1 Å². The van der Waals surface area contributed by atoms with Crippen LogP contribution in [0.3, 0.4) is 0 Å². The molecule has 0 radical (unpaired) electrons. The minimum Gasteiger partial charge on any atom is -0.458 e. The molecule has 4 heterocycles. The van der Waals surface area contributed by atoms with Gasteiger partial charge < -0.3 is 4.74 Å². The molecule has 0 unspecified atom stereocenters. The van der Waals surface area contributed by atoms with Gasteiger partial charge in [0.1, 0.15) is 17.3 Å². The highest BCUT2D eigenvalue weighted by Crippen LogP contribution is 2.47. The van der Waals surface area contributed by atoms with Crippen molar-refractivity contribution in [2.45, 2.75) is 26.2 Å². The largest absolute Gasteiger partial charge is 0.458 e. The first-order valence-electron chi connectivity index (χ1n) is 21.5. The summed E-state index contributed by atoms with van der Waals surface area (Å²) in [5.74, 6) is 2.36. The minimum absolute atomic E-state index is 0.0149. The highest BCUT2D eigenvalue weighted by Gasteiger charge is 2.26. The second kappa shape index (κ2) is 14.3.